The van der Waals surface area contributed by atoms with Crippen LogP contribution in [0, 0.1) is 5.82 Å². The first-order valence-corrected chi connectivity index (χ1v) is 14.8. The zero-order chi connectivity index (χ0) is 31.6. The van der Waals surface area contributed by atoms with Crippen molar-refractivity contribution < 1.29 is 18.4 Å². The summed E-state index contributed by atoms with van der Waals surface area (Å²) < 4.78 is 19.9. The SMILES string of the molecule is CNC(=O)Cc1c(-c2ccc(F)cc2)oc2ccc(-c3ccc(-c4ccccc4)c(C(=O)NC(C)(C)c4ccccc4)c3)cc12. The average molecular weight is 597 g/mol. The Morgan fingerprint density at radius 2 is 1.36 bits per heavy atom. The van der Waals surface area contributed by atoms with Crippen molar-refractivity contribution in [3.63, 3.8) is 0 Å². The van der Waals surface area contributed by atoms with Gasteiger partial charge in [-0.05, 0) is 84.1 Å². The molecule has 2 amide bonds. The van der Waals surface area contributed by atoms with E-state index in [9.17, 15) is 14.0 Å². The molecule has 0 saturated heterocycles. The number of carbonyl (C=O) groups excluding carboxylic acids is 2. The third-order valence-corrected chi connectivity index (χ3v) is 8.12. The molecule has 6 rings (SSSR count). The van der Waals surface area contributed by atoms with Crippen molar-refractivity contribution in [2.24, 2.45) is 0 Å². The fraction of sp³-hybridized carbons (Fsp3) is 0.128. The van der Waals surface area contributed by atoms with Crippen molar-refractivity contribution in [3.8, 4) is 33.6 Å². The molecule has 224 valence electrons. The molecule has 0 saturated carbocycles. The van der Waals surface area contributed by atoms with E-state index in [1.807, 2.05) is 111 Å². The maximum absolute atomic E-state index is 14.0. The number of nitrogens with one attached hydrogen (secondary N) is 2. The van der Waals surface area contributed by atoms with Crippen molar-refractivity contribution in [2.45, 2.75) is 25.8 Å². The largest absolute Gasteiger partial charge is 0.456 e. The number of amides is 2. The van der Waals surface area contributed by atoms with Crippen LogP contribution in [-0.2, 0) is 16.8 Å². The Balaban J connectivity index is 1.46. The molecule has 0 aliphatic carbocycles. The highest BCUT2D eigenvalue weighted by Gasteiger charge is 2.25. The highest BCUT2D eigenvalue weighted by molar-refractivity contribution is 6.03. The van der Waals surface area contributed by atoms with Crippen LogP contribution in [0.2, 0.25) is 0 Å². The van der Waals surface area contributed by atoms with Gasteiger partial charge in [-0.25, -0.2) is 4.39 Å². The number of rotatable bonds is 8. The minimum atomic E-state index is -0.608. The summed E-state index contributed by atoms with van der Waals surface area (Å²) in [6.45, 7) is 3.98. The Labute approximate surface area is 261 Å². The van der Waals surface area contributed by atoms with E-state index in [1.54, 1.807) is 19.2 Å². The van der Waals surface area contributed by atoms with Gasteiger partial charge < -0.3 is 15.1 Å². The molecule has 2 N–H and O–H groups in total. The van der Waals surface area contributed by atoms with Crippen LogP contribution in [0.3, 0.4) is 0 Å². The quantitative estimate of drug-likeness (QED) is 0.185. The summed E-state index contributed by atoms with van der Waals surface area (Å²) in [5, 5.41) is 6.71. The molecule has 0 atom stereocenters. The van der Waals surface area contributed by atoms with E-state index in [2.05, 4.69) is 10.6 Å². The number of fused-ring (bicyclic) bond motifs is 1. The van der Waals surface area contributed by atoms with Crippen molar-refractivity contribution in [1.29, 1.82) is 0 Å². The van der Waals surface area contributed by atoms with Crippen molar-refractivity contribution in [1.82, 2.24) is 10.6 Å². The van der Waals surface area contributed by atoms with Crippen LogP contribution < -0.4 is 10.6 Å². The molecule has 0 fully saturated rings. The van der Waals surface area contributed by atoms with E-state index in [1.165, 1.54) is 12.1 Å². The third kappa shape index (κ3) is 6.13. The standard InChI is InChI=1S/C39H33FN2O3/c1-39(2,29-12-8-5-9-13-29)42-38(44)34-23-27(16-20-31(34)25-10-6-4-7-11-25)28-17-21-35-32(22-28)33(24-36(43)41-3)37(45-35)26-14-18-30(40)19-15-26/h4-23H,24H2,1-3H3,(H,41,43)(H,42,44). The van der Waals surface area contributed by atoms with Gasteiger partial charge in [-0.1, -0.05) is 78.9 Å². The average Bonchev–Trinajstić information content (AvgIpc) is 3.42. The number of hydrogen-bond acceptors (Lipinski definition) is 3. The summed E-state index contributed by atoms with van der Waals surface area (Å²) in [4.78, 5) is 26.6. The smallest absolute Gasteiger partial charge is 0.252 e. The van der Waals surface area contributed by atoms with E-state index in [0.29, 0.717) is 28.0 Å². The number of benzene rings is 5. The predicted octanol–water partition coefficient (Wildman–Crippen LogP) is 8.53. The van der Waals surface area contributed by atoms with Crippen LogP contribution in [0.5, 0.6) is 0 Å². The number of carbonyl (C=O) groups is 2. The molecule has 6 aromatic rings. The second-order valence-electron chi connectivity index (χ2n) is 11.5. The molecule has 6 heteroatoms. The minimum Gasteiger partial charge on any atom is -0.456 e. The third-order valence-electron chi connectivity index (χ3n) is 8.12. The minimum absolute atomic E-state index is 0.0921. The van der Waals surface area contributed by atoms with Gasteiger partial charge in [0.1, 0.15) is 17.2 Å². The zero-order valence-electron chi connectivity index (χ0n) is 25.4. The Hall–Kier alpha value is -5.49. The lowest BCUT2D eigenvalue weighted by atomic mass is 9.91. The van der Waals surface area contributed by atoms with E-state index >= 15 is 0 Å². The summed E-state index contributed by atoms with van der Waals surface area (Å²) in [7, 11) is 1.59. The topological polar surface area (TPSA) is 71.3 Å². The first-order chi connectivity index (χ1) is 21.7. The van der Waals surface area contributed by atoms with Gasteiger partial charge in [0.2, 0.25) is 5.91 Å². The second-order valence-corrected chi connectivity index (χ2v) is 11.5. The van der Waals surface area contributed by atoms with Crippen molar-refractivity contribution in [3.05, 3.63) is 144 Å². The van der Waals surface area contributed by atoms with Gasteiger partial charge in [-0.2, -0.15) is 0 Å². The Morgan fingerprint density at radius 3 is 2.04 bits per heavy atom. The summed E-state index contributed by atoms with van der Waals surface area (Å²) in [6, 6.07) is 37.5. The molecular formula is C39H33FN2O3. The molecule has 0 aliphatic heterocycles. The maximum atomic E-state index is 14.0. The van der Waals surface area contributed by atoms with E-state index in [0.717, 1.165) is 33.2 Å². The number of likely N-dealkylation sites (N-methyl/N-ethyl adjacent to an activating group) is 1. The normalized spacial score (nSPS) is 11.4. The Morgan fingerprint density at radius 1 is 0.733 bits per heavy atom. The molecular weight excluding hydrogens is 563 g/mol. The monoisotopic (exact) mass is 596 g/mol. The molecule has 1 aromatic heterocycles. The lowest BCUT2D eigenvalue weighted by Gasteiger charge is -2.27. The summed E-state index contributed by atoms with van der Waals surface area (Å²) in [5.41, 5.74) is 6.41. The van der Waals surface area contributed by atoms with Gasteiger partial charge in [0.25, 0.3) is 5.91 Å². The molecule has 5 aromatic carbocycles. The Kier molecular flexibility index (Phi) is 8.05. The molecule has 1 heterocycles. The highest BCUT2D eigenvalue weighted by atomic mass is 19.1. The number of hydrogen-bond donors (Lipinski definition) is 2. The van der Waals surface area contributed by atoms with Crippen LogP contribution in [0.4, 0.5) is 4.39 Å². The number of halogens is 1. The van der Waals surface area contributed by atoms with Crippen LogP contribution in [-0.4, -0.2) is 18.9 Å². The molecule has 5 nitrogen and oxygen atoms in total. The molecule has 0 bridgehead atoms. The van der Waals surface area contributed by atoms with E-state index in [-0.39, 0.29) is 24.1 Å². The molecule has 45 heavy (non-hydrogen) atoms. The van der Waals surface area contributed by atoms with Crippen LogP contribution >= 0.6 is 0 Å². The fourth-order valence-corrected chi connectivity index (χ4v) is 5.65. The number of furan rings is 1. The summed E-state index contributed by atoms with van der Waals surface area (Å²) in [6.07, 6.45) is 0.0921. The van der Waals surface area contributed by atoms with Gasteiger partial charge in [-0.15, -0.1) is 0 Å². The summed E-state index contributed by atoms with van der Waals surface area (Å²) >= 11 is 0. The van der Waals surface area contributed by atoms with Crippen LogP contribution in [0.25, 0.3) is 44.5 Å². The molecule has 0 radical (unpaired) electrons. The first kappa shape index (κ1) is 29.6. The second kappa shape index (κ2) is 12.2. The van der Waals surface area contributed by atoms with Crippen LogP contribution in [0.1, 0.15) is 35.3 Å². The van der Waals surface area contributed by atoms with E-state index < -0.39 is 5.54 Å². The lowest BCUT2D eigenvalue weighted by molar-refractivity contribution is -0.119. The fourth-order valence-electron chi connectivity index (χ4n) is 5.65. The first-order valence-electron chi connectivity index (χ1n) is 14.8. The predicted molar refractivity (Wildman–Crippen MR) is 177 cm³/mol. The Bertz CT molecular complexity index is 2000. The highest BCUT2D eigenvalue weighted by Crippen LogP contribution is 2.38. The van der Waals surface area contributed by atoms with E-state index in [4.69, 9.17) is 4.42 Å². The maximum Gasteiger partial charge on any atom is 0.252 e. The van der Waals surface area contributed by atoms with Crippen molar-refractivity contribution >= 4 is 22.8 Å². The van der Waals surface area contributed by atoms with Gasteiger partial charge in [0, 0.05) is 29.1 Å². The van der Waals surface area contributed by atoms with Gasteiger partial charge in [0.15, 0.2) is 0 Å². The zero-order valence-corrected chi connectivity index (χ0v) is 25.4. The van der Waals surface area contributed by atoms with Gasteiger partial charge in [-0.3, -0.25) is 9.59 Å². The molecule has 0 spiro atoms. The summed E-state index contributed by atoms with van der Waals surface area (Å²) in [5.74, 6) is -0.184. The molecule has 0 unspecified atom stereocenters. The van der Waals surface area contributed by atoms with Gasteiger partial charge in [0.05, 0.1) is 12.0 Å². The van der Waals surface area contributed by atoms with Crippen molar-refractivity contribution in [2.75, 3.05) is 7.05 Å². The van der Waals surface area contributed by atoms with Crippen LogP contribution in [0.15, 0.2) is 126 Å². The lowest BCUT2D eigenvalue weighted by Crippen LogP contribution is -2.41. The van der Waals surface area contributed by atoms with Gasteiger partial charge >= 0.3 is 0 Å². The molecule has 0 aliphatic rings.